The Balaban J connectivity index is 3.89. The van der Waals surface area contributed by atoms with Crippen LogP contribution in [-0.2, 0) is 9.59 Å². The molecule has 0 aromatic heterocycles. The van der Waals surface area contributed by atoms with Gasteiger partial charge in [0.25, 0.3) is 0 Å². The highest BCUT2D eigenvalue weighted by molar-refractivity contribution is 5.81. The minimum Gasteiger partial charge on any atom is -0.481 e. The number of carboxylic acid groups (broad SMARTS) is 1. The van der Waals surface area contributed by atoms with Crippen LogP contribution in [-0.4, -0.2) is 17.0 Å². The van der Waals surface area contributed by atoms with Crippen molar-refractivity contribution in [1.29, 1.82) is 0 Å². The van der Waals surface area contributed by atoms with E-state index in [4.69, 9.17) is 10.8 Å². The highest BCUT2D eigenvalue weighted by Crippen LogP contribution is 2.09. The van der Waals surface area contributed by atoms with Crippen LogP contribution in [0.2, 0.25) is 0 Å². The molecule has 0 saturated carbocycles. The summed E-state index contributed by atoms with van der Waals surface area (Å²) in [6.45, 7) is 1.89. The molecule has 0 radical (unpaired) electrons. The summed E-state index contributed by atoms with van der Waals surface area (Å²) in [5.74, 6) is -1.99. The maximum Gasteiger partial charge on any atom is 0.304 e. The SMILES string of the molecule is CCCC(CC(=O)O)C(N)=O. The van der Waals surface area contributed by atoms with E-state index in [0.29, 0.717) is 6.42 Å². The van der Waals surface area contributed by atoms with Gasteiger partial charge in [0.1, 0.15) is 0 Å². The molecular weight excluding hydrogens is 146 g/mol. The van der Waals surface area contributed by atoms with E-state index in [2.05, 4.69) is 0 Å². The van der Waals surface area contributed by atoms with E-state index in [0.717, 1.165) is 6.42 Å². The number of rotatable bonds is 5. The third kappa shape index (κ3) is 4.36. The van der Waals surface area contributed by atoms with E-state index >= 15 is 0 Å². The maximum absolute atomic E-state index is 10.6. The Bertz CT molecular complexity index is 156. The average Bonchev–Trinajstić information content (AvgIpc) is 1.86. The van der Waals surface area contributed by atoms with Crippen LogP contribution in [0.4, 0.5) is 0 Å². The minimum atomic E-state index is -0.970. The summed E-state index contributed by atoms with van der Waals surface area (Å²) in [4.78, 5) is 20.8. The smallest absolute Gasteiger partial charge is 0.304 e. The lowest BCUT2D eigenvalue weighted by atomic mass is 9.99. The highest BCUT2D eigenvalue weighted by atomic mass is 16.4. The second-order valence-electron chi connectivity index (χ2n) is 2.49. The van der Waals surface area contributed by atoms with Gasteiger partial charge in [0.15, 0.2) is 0 Å². The molecule has 3 N–H and O–H groups in total. The van der Waals surface area contributed by atoms with E-state index in [1.807, 2.05) is 6.92 Å². The van der Waals surface area contributed by atoms with Gasteiger partial charge >= 0.3 is 5.97 Å². The first-order valence-electron chi connectivity index (χ1n) is 3.59. The Morgan fingerprint density at radius 2 is 2.09 bits per heavy atom. The molecule has 4 heteroatoms. The first kappa shape index (κ1) is 9.94. The lowest BCUT2D eigenvalue weighted by Gasteiger charge is -2.07. The van der Waals surface area contributed by atoms with Crippen LogP contribution in [0.5, 0.6) is 0 Å². The summed E-state index contributed by atoms with van der Waals surface area (Å²) in [7, 11) is 0. The lowest BCUT2D eigenvalue weighted by molar-refractivity contribution is -0.140. The third-order valence-corrected chi connectivity index (χ3v) is 1.46. The Labute approximate surface area is 65.4 Å². The molecule has 0 fully saturated rings. The number of aliphatic carboxylic acids is 1. The van der Waals surface area contributed by atoms with Crippen molar-refractivity contribution in [1.82, 2.24) is 0 Å². The molecule has 0 bridgehead atoms. The summed E-state index contributed by atoms with van der Waals surface area (Å²) >= 11 is 0. The predicted octanol–water partition coefficient (Wildman–Crippen LogP) is 0.363. The van der Waals surface area contributed by atoms with Crippen molar-refractivity contribution in [3.8, 4) is 0 Å². The molecule has 0 aliphatic heterocycles. The van der Waals surface area contributed by atoms with Gasteiger partial charge in [0.2, 0.25) is 5.91 Å². The van der Waals surface area contributed by atoms with Crippen LogP contribution in [0.15, 0.2) is 0 Å². The first-order valence-corrected chi connectivity index (χ1v) is 3.59. The Hall–Kier alpha value is -1.06. The second-order valence-corrected chi connectivity index (χ2v) is 2.49. The molecule has 4 nitrogen and oxygen atoms in total. The first-order chi connectivity index (χ1) is 5.07. The van der Waals surface area contributed by atoms with E-state index in [-0.39, 0.29) is 6.42 Å². The van der Waals surface area contributed by atoms with Gasteiger partial charge < -0.3 is 10.8 Å². The van der Waals surface area contributed by atoms with Gasteiger partial charge in [-0.3, -0.25) is 9.59 Å². The summed E-state index contributed by atoms with van der Waals surface area (Å²) < 4.78 is 0. The van der Waals surface area contributed by atoms with Gasteiger partial charge in [0, 0.05) is 5.92 Å². The number of primary amides is 1. The summed E-state index contributed by atoms with van der Waals surface area (Å²) in [6.07, 6.45) is 1.19. The quantitative estimate of drug-likeness (QED) is 0.607. The van der Waals surface area contributed by atoms with Crippen molar-refractivity contribution < 1.29 is 14.7 Å². The number of carboxylic acids is 1. The molecule has 0 heterocycles. The third-order valence-electron chi connectivity index (χ3n) is 1.46. The number of hydrogen-bond acceptors (Lipinski definition) is 2. The standard InChI is InChI=1S/C7H13NO3/c1-2-3-5(7(8)11)4-6(9)10/h5H,2-4H2,1H3,(H2,8,11)(H,9,10). The van der Waals surface area contributed by atoms with E-state index in [1.54, 1.807) is 0 Å². The topological polar surface area (TPSA) is 80.4 Å². The van der Waals surface area contributed by atoms with Gasteiger partial charge in [0.05, 0.1) is 6.42 Å². The predicted molar refractivity (Wildman–Crippen MR) is 39.8 cm³/mol. The molecule has 0 rings (SSSR count). The Morgan fingerprint density at radius 1 is 1.55 bits per heavy atom. The van der Waals surface area contributed by atoms with Crippen molar-refractivity contribution in [2.75, 3.05) is 0 Å². The van der Waals surface area contributed by atoms with Crippen LogP contribution >= 0.6 is 0 Å². The van der Waals surface area contributed by atoms with Gasteiger partial charge in [-0.2, -0.15) is 0 Å². The molecule has 0 aliphatic rings. The summed E-state index contributed by atoms with van der Waals surface area (Å²) in [5.41, 5.74) is 4.97. The van der Waals surface area contributed by atoms with E-state index in [1.165, 1.54) is 0 Å². The van der Waals surface area contributed by atoms with Crippen LogP contribution in [0.25, 0.3) is 0 Å². The zero-order chi connectivity index (χ0) is 8.85. The second kappa shape index (κ2) is 4.71. The minimum absolute atomic E-state index is 0.150. The molecule has 11 heavy (non-hydrogen) atoms. The zero-order valence-electron chi connectivity index (χ0n) is 6.54. The fourth-order valence-corrected chi connectivity index (χ4v) is 0.904. The molecular formula is C7H13NO3. The van der Waals surface area contributed by atoms with Crippen molar-refractivity contribution >= 4 is 11.9 Å². The van der Waals surface area contributed by atoms with Crippen LogP contribution < -0.4 is 5.73 Å². The largest absolute Gasteiger partial charge is 0.481 e. The Morgan fingerprint density at radius 3 is 2.36 bits per heavy atom. The molecule has 1 amide bonds. The molecule has 0 aliphatic carbocycles. The number of carbonyl (C=O) groups excluding carboxylic acids is 1. The number of amides is 1. The fraction of sp³-hybridized carbons (Fsp3) is 0.714. The fourth-order valence-electron chi connectivity index (χ4n) is 0.904. The molecule has 1 atom stereocenters. The van der Waals surface area contributed by atoms with E-state index in [9.17, 15) is 9.59 Å². The molecule has 0 aromatic rings. The maximum atomic E-state index is 10.6. The van der Waals surface area contributed by atoms with Crippen molar-refractivity contribution in [3.63, 3.8) is 0 Å². The van der Waals surface area contributed by atoms with Crippen LogP contribution in [0.1, 0.15) is 26.2 Å². The van der Waals surface area contributed by atoms with Gasteiger partial charge in [-0.05, 0) is 6.42 Å². The molecule has 0 aromatic carbocycles. The van der Waals surface area contributed by atoms with E-state index < -0.39 is 17.8 Å². The molecule has 0 spiro atoms. The average molecular weight is 159 g/mol. The normalized spacial score (nSPS) is 12.5. The van der Waals surface area contributed by atoms with Crippen molar-refractivity contribution in [2.45, 2.75) is 26.2 Å². The highest BCUT2D eigenvalue weighted by Gasteiger charge is 2.17. The van der Waals surface area contributed by atoms with Gasteiger partial charge in [-0.25, -0.2) is 0 Å². The molecule has 1 unspecified atom stereocenters. The summed E-state index contributed by atoms with van der Waals surface area (Å²) in [6, 6.07) is 0. The zero-order valence-corrected chi connectivity index (χ0v) is 6.54. The van der Waals surface area contributed by atoms with Crippen molar-refractivity contribution in [3.05, 3.63) is 0 Å². The molecule has 64 valence electrons. The summed E-state index contributed by atoms with van der Waals surface area (Å²) in [5, 5.41) is 8.35. The van der Waals surface area contributed by atoms with Crippen LogP contribution in [0.3, 0.4) is 0 Å². The molecule has 0 saturated heterocycles. The number of nitrogens with two attached hydrogens (primary N) is 1. The number of carbonyl (C=O) groups is 2. The monoisotopic (exact) mass is 159 g/mol. The Kier molecular flexibility index (Phi) is 4.26. The lowest BCUT2D eigenvalue weighted by Crippen LogP contribution is -2.25. The van der Waals surface area contributed by atoms with Crippen LogP contribution in [0, 0.1) is 5.92 Å². The number of hydrogen-bond donors (Lipinski definition) is 2. The van der Waals surface area contributed by atoms with Gasteiger partial charge in [-0.15, -0.1) is 0 Å². The van der Waals surface area contributed by atoms with Gasteiger partial charge in [-0.1, -0.05) is 13.3 Å². The van der Waals surface area contributed by atoms with Crippen molar-refractivity contribution in [2.24, 2.45) is 11.7 Å².